The molecule has 0 radical (unpaired) electrons. The molecule has 1 saturated heterocycles. The van der Waals surface area contributed by atoms with Crippen LogP contribution in [0.1, 0.15) is 19.8 Å². The Hall–Kier alpha value is -1.12. The molecule has 2 rings (SSSR count). The lowest BCUT2D eigenvalue weighted by Crippen LogP contribution is -2.34. The van der Waals surface area contributed by atoms with Gasteiger partial charge in [0.05, 0.1) is 0 Å². The number of rotatable bonds is 1. The summed E-state index contributed by atoms with van der Waals surface area (Å²) >= 11 is 0. The molecule has 0 saturated carbocycles. The van der Waals surface area contributed by atoms with Gasteiger partial charge in [-0.05, 0) is 24.8 Å². The van der Waals surface area contributed by atoms with E-state index in [4.69, 9.17) is 0 Å². The fourth-order valence-electron chi connectivity index (χ4n) is 2.01. The highest BCUT2D eigenvalue weighted by Crippen LogP contribution is 2.22. The van der Waals surface area contributed by atoms with Crippen LogP contribution in [0.25, 0.3) is 0 Å². The Morgan fingerprint density at radius 2 is 2.43 bits per heavy atom. The van der Waals surface area contributed by atoms with E-state index < -0.39 is 0 Å². The zero-order valence-electron chi connectivity index (χ0n) is 8.41. The van der Waals surface area contributed by atoms with Crippen LogP contribution in [0.5, 0.6) is 0 Å². The highest BCUT2D eigenvalue weighted by molar-refractivity contribution is 5.45. The van der Waals surface area contributed by atoms with Gasteiger partial charge in [0.15, 0.2) is 0 Å². The van der Waals surface area contributed by atoms with Gasteiger partial charge in [-0.3, -0.25) is 0 Å². The summed E-state index contributed by atoms with van der Waals surface area (Å²) in [7, 11) is 0. The second-order valence-electron chi connectivity index (χ2n) is 4.03. The van der Waals surface area contributed by atoms with Gasteiger partial charge >= 0.3 is 0 Å². The SMILES string of the molecule is C[C@H]1CCCN(c2ccnc(F)c2)C1. The lowest BCUT2D eigenvalue weighted by atomic mass is 10.00. The van der Waals surface area contributed by atoms with Crippen LogP contribution in [0.4, 0.5) is 10.1 Å². The van der Waals surface area contributed by atoms with Crippen LogP contribution < -0.4 is 4.90 Å². The van der Waals surface area contributed by atoms with Crippen molar-refractivity contribution in [1.82, 2.24) is 4.98 Å². The summed E-state index contributed by atoms with van der Waals surface area (Å²) in [5.74, 6) is 0.320. The maximum absolute atomic E-state index is 12.9. The highest BCUT2D eigenvalue weighted by atomic mass is 19.1. The lowest BCUT2D eigenvalue weighted by molar-refractivity contribution is 0.446. The van der Waals surface area contributed by atoms with Crippen molar-refractivity contribution in [2.45, 2.75) is 19.8 Å². The zero-order chi connectivity index (χ0) is 9.97. The van der Waals surface area contributed by atoms with E-state index in [9.17, 15) is 4.39 Å². The van der Waals surface area contributed by atoms with E-state index in [-0.39, 0.29) is 5.95 Å². The Kier molecular flexibility index (Phi) is 2.66. The van der Waals surface area contributed by atoms with Crippen LogP contribution in [0.3, 0.4) is 0 Å². The van der Waals surface area contributed by atoms with E-state index in [1.807, 2.05) is 6.07 Å². The topological polar surface area (TPSA) is 16.1 Å². The Morgan fingerprint density at radius 1 is 1.57 bits per heavy atom. The first-order valence-electron chi connectivity index (χ1n) is 5.12. The summed E-state index contributed by atoms with van der Waals surface area (Å²) in [5.41, 5.74) is 0.962. The fourth-order valence-corrected chi connectivity index (χ4v) is 2.01. The van der Waals surface area contributed by atoms with Gasteiger partial charge in [-0.2, -0.15) is 4.39 Å². The molecular weight excluding hydrogens is 179 g/mol. The molecule has 0 aromatic carbocycles. The average Bonchev–Trinajstić information content (AvgIpc) is 2.18. The summed E-state index contributed by atoms with van der Waals surface area (Å²) in [6.07, 6.45) is 4.01. The van der Waals surface area contributed by atoms with E-state index in [1.165, 1.54) is 25.1 Å². The molecule has 1 fully saturated rings. The standard InChI is InChI=1S/C11H15FN2/c1-9-3-2-6-14(8-9)10-4-5-13-11(12)7-10/h4-5,7,9H,2-3,6,8H2,1H3/t9-/m0/s1. The molecule has 0 unspecified atom stereocenters. The van der Waals surface area contributed by atoms with Crippen molar-refractivity contribution in [2.24, 2.45) is 5.92 Å². The van der Waals surface area contributed by atoms with Crippen molar-refractivity contribution in [3.05, 3.63) is 24.3 Å². The molecule has 2 nitrogen and oxygen atoms in total. The first-order chi connectivity index (χ1) is 6.75. The normalized spacial score (nSPS) is 22.4. The molecule has 1 aliphatic rings. The van der Waals surface area contributed by atoms with Crippen molar-refractivity contribution < 1.29 is 4.39 Å². The zero-order valence-corrected chi connectivity index (χ0v) is 8.41. The highest BCUT2D eigenvalue weighted by Gasteiger charge is 2.16. The molecular formula is C11H15FN2. The van der Waals surface area contributed by atoms with Crippen molar-refractivity contribution in [3.63, 3.8) is 0 Å². The van der Waals surface area contributed by atoms with E-state index in [2.05, 4.69) is 16.8 Å². The van der Waals surface area contributed by atoms with Crippen LogP contribution in [-0.2, 0) is 0 Å². The van der Waals surface area contributed by atoms with Gasteiger partial charge in [-0.1, -0.05) is 6.92 Å². The lowest BCUT2D eigenvalue weighted by Gasteiger charge is -2.32. The molecule has 0 amide bonds. The molecule has 1 aromatic heterocycles. The number of pyridine rings is 1. The maximum Gasteiger partial charge on any atom is 0.214 e. The van der Waals surface area contributed by atoms with Gasteiger partial charge in [0, 0.05) is 31.0 Å². The van der Waals surface area contributed by atoms with Crippen LogP contribution in [-0.4, -0.2) is 18.1 Å². The van der Waals surface area contributed by atoms with E-state index >= 15 is 0 Å². The molecule has 3 heteroatoms. The molecule has 0 N–H and O–H groups in total. The van der Waals surface area contributed by atoms with E-state index in [1.54, 1.807) is 0 Å². The summed E-state index contributed by atoms with van der Waals surface area (Å²) in [5, 5.41) is 0. The first kappa shape index (κ1) is 9.44. The van der Waals surface area contributed by atoms with Crippen molar-refractivity contribution in [1.29, 1.82) is 0 Å². The average molecular weight is 194 g/mol. The van der Waals surface area contributed by atoms with Gasteiger partial charge < -0.3 is 4.90 Å². The summed E-state index contributed by atoms with van der Waals surface area (Å²) in [6.45, 7) is 4.31. The van der Waals surface area contributed by atoms with Crippen molar-refractivity contribution >= 4 is 5.69 Å². The summed E-state index contributed by atoms with van der Waals surface area (Å²) in [6, 6.07) is 3.39. The van der Waals surface area contributed by atoms with Gasteiger partial charge in [0.2, 0.25) is 5.95 Å². The molecule has 0 bridgehead atoms. The number of aromatic nitrogens is 1. The molecule has 1 aliphatic heterocycles. The molecule has 0 spiro atoms. The van der Waals surface area contributed by atoms with Crippen molar-refractivity contribution in [2.75, 3.05) is 18.0 Å². The number of hydrogen-bond donors (Lipinski definition) is 0. The van der Waals surface area contributed by atoms with Gasteiger partial charge in [0.1, 0.15) is 0 Å². The largest absolute Gasteiger partial charge is 0.371 e. The maximum atomic E-state index is 12.9. The monoisotopic (exact) mass is 194 g/mol. The molecule has 1 aromatic rings. The second-order valence-corrected chi connectivity index (χ2v) is 4.03. The van der Waals surface area contributed by atoms with Crippen LogP contribution >= 0.6 is 0 Å². The molecule has 14 heavy (non-hydrogen) atoms. The number of halogens is 1. The Bertz CT molecular complexity index is 314. The van der Waals surface area contributed by atoms with Crippen LogP contribution in [0.15, 0.2) is 18.3 Å². The number of anilines is 1. The van der Waals surface area contributed by atoms with Gasteiger partial charge in [0.25, 0.3) is 0 Å². The Morgan fingerprint density at radius 3 is 3.14 bits per heavy atom. The molecule has 76 valence electrons. The van der Waals surface area contributed by atoms with Crippen LogP contribution in [0.2, 0.25) is 0 Å². The van der Waals surface area contributed by atoms with Gasteiger partial charge in [-0.15, -0.1) is 0 Å². The minimum absolute atomic E-state index is 0.388. The number of piperidine rings is 1. The molecule has 0 aliphatic carbocycles. The summed E-state index contributed by atoms with van der Waals surface area (Å²) in [4.78, 5) is 5.80. The third-order valence-corrected chi connectivity index (χ3v) is 2.73. The minimum atomic E-state index is -0.388. The Balaban J connectivity index is 2.14. The predicted octanol–water partition coefficient (Wildman–Crippen LogP) is 2.46. The van der Waals surface area contributed by atoms with E-state index in [0.29, 0.717) is 5.92 Å². The van der Waals surface area contributed by atoms with Crippen LogP contribution in [0, 0.1) is 11.9 Å². The molecule has 1 atom stereocenters. The van der Waals surface area contributed by atoms with Crippen molar-refractivity contribution in [3.8, 4) is 0 Å². The number of hydrogen-bond acceptors (Lipinski definition) is 2. The quantitative estimate of drug-likeness (QED) is 0.638. The predicted molar refractivity (Wildman–Crippen MR) is 54.8 cm³/mol. The fraction of sp³-hybridized carbons (Fsp3) is 0.545. The summed E-state index contributed by atoms with van der Waals surface area (Å²) < 4.78 is 12.9. The first-order valence-corrected chi connectivity index (χ1v) is 5.12. The third-order valence-electron chi connectivity index (χ3n) is 2.73. The van der Waals surface area contributed by atoms with Gasteiger partial charge in [-0.25, -0.2) is 4.98 Å². The second kappa shape index (κ2) is 3.95. The third kappa shape index (κ3) is 2.03. The molecule has 2 heterocycles. The Labute approximate surface area is 83.8 Å². The smallest absolute Gasteiger partial charge is 0.214 e. The number of nitrogens with zero attached hydrogens (tertiary/aromatic N) is 2. The minimum Gasteiger partial charge on any atom is -0.371 e. The van der Waals surface area contributed by atoms with E-state index in [0.717, 1.165) is 18.8 Å².